The number of hydrogen-bond acceptors (Lipinski definition) is 3. The smallest absolute Gasteiger partial charge is 0.411 e. The third-order valence-electron chi connectivity index (χ3n) is 1.70. The number of halogens is 4. The van der Waals surface area contributed by atoms with E-state index in [2.05, 4.69) is 20.7 Å². The lowest BCUT2D eigenvalue weighted by atomic mass is 10.3. The lowest BCUT2D eigenvalue weighted by molar-refractivity contribution is -0.186. The molecule has 0 saturated heterocycles. The molecular weight excluding hydrogens is 305 g/mol. The van der Waals surface area contributed by atoms with Gasteiger partial charge in [0.1, 0.15) is 18.1 Å². The van der Waals surface area contributed by atoms with Gasteiger partial charge in [0.25, 0.3) is 0 Å². The Bertz CT molecular complexity index is 368. The van der Waals surface area contributed by atoms with Crippen molar-refractivity contribution in [3.63, 3.8) is 0 Å². The zero-order chi connectivity index (χ0) is 12.9. The summed E-state index contributed by atoms with van der Waals surface area (Å²) in [6, 6.07) is 4.84. The van der Waals surface area contributed by atoms with Gasteiger partial charge in [-0.2, -0.15) is 13.2 Å². The molecule has 0 aromatic heterocycles. The molecule has 96 valence electrons. The zero-order valence-electron chi connectivity index (χ0n) is 8.88. The van der Waals surface area contributed by atoms with Gasteiger partial charge in [-0.3, -0.25) is 0 Å². The minimum Gasteiger partial charge on any atom is -0.497 e. The van der Waals surface area contributed by atoms with Gasteiger partial charge in [-0.05, 0) is 34.1 Å². The largest absolute Gasteiger partial charge is 0.497 e. The molecule has 0 fully saturated rings. The highest BCUT2D eigenvalue weighted by molar-refractivity contribution is 9.10. The van der Waals surface area contributed by atoms with E-state index in [0.717, 1.165) is 0 Å². The molecule has 3 nitrogen and oxygen atoms in total. The van der Waals surface area contributed by atoms with Gasteiger partial charge in [-0.1, -0.05) is 0 Å². The second kappa shape index (κ2) is 6.11. The fourth-order valence-electron chi connectivity index (χ4n) is 0.988. The van der Waals surface area contributed by atoms with Crippen LogP contribution in [0.15, 0.2) is 22.7 Å². The highest BCUT2D eigenvalue weighted by Crippen LogP contribution is 2.29. The summed E-state index contributed by atoms with van der Waals surface area (Å²) < 4.78 is 50.1. The molecule has 0 radical (unpaired) electrons. The summed E-state index contributed by atoms with van der Waals surface area (Å²) in [6.07, 6.45) is -4.35. The molecule has 0 N–H and O–H groups in total. The van der Waals surface area contributed by atoms with Crippen LogP contribution in [0, 0.1) is 0 Å². The van der Waals surface area contributed by atoms with Crippen LogP contribution in [0.3, 0.4) is 0 Å². The molecule has 0 bridgehead atoms. The molecule has 7 heteroatoms. The average Bonchev–Trinajstić information content (AvgIpc) is 2.24. The Hall–Kier alpha value is -0.950. The fourth-order valence-corrected chi connectivity index (χ4v) is 1.46. The SMILES string of the molecule is COc1ccc(OCOCC(F)(F)F)c(Br)c1. The second-order valence-electron chi connectivity index (χ2n) is 3.02. The van der Waals surface area contributed by atoms with Crippen molar-refractivity contribution in [2.24, 2.45) is 0 Å². The van der Waals surface area contributed by atoms with Gasteiger partial charge in [-0.15, -0.1) is 0 Å². The monoisotopic (exact) mass is 314 g/mol. The number of alkyl halides is 3. The van der Waals surface area contributed by atoms with Crippen LogP contribution >= 0.6 is 15.9 Å². The highest BCUT2D eigenvalue weighted by Gasteiger charge is 2.27. The molecule has 0 amide bonds. The lowest BCUT2D eigenvalue weighted by Crippen LogP contribution is -2.19. The first-order valence-electron chi connectivity index (χ1n) is 4.53. The van der Waals surface area contributed by atoms with Gasteiger partial charge in [0.05, 0.1) is 11.6 Å². The van der Waals surface area contributed by atoms with Gasteiger partial charge in [-0.25, -0.2) is 0 Å². The summed E-state index contributed by atoms with van der Waals surface area (Å²) in [7, 11) is 1.51. The number of rotatable bonds is 5. The first-order chi connectivity index (χ1) is 7.92. The van der Waals surface area contributed by atoms with E-state index in [1.54, 1.807) is 18.2 Å². The van der Waals surface area contributed by atoms with Crippen molar-refractivity contribution >= 4 is 15.9 Å². The van der Waals surface area contributed by atoms with Gasteiger partial charge in [0.15, 0.2) is 6.79 Å². The van der Waals surface area contributed by atoms with Crippen LogP contribution in [0.2, 0.25) is 0 Å². The van der Waals surface area contributed by atoms with Crippen LogP contribution in [0.4, 0.5) is 13.2 Å². The number of ether oxygens (including phenoxy) is 3. The summed E-state index contributed by atoms with van der Waals surface area (Å²) in [6.45, 7) is -1.80. The zero-order valence-corrected chi connectivity index (χ0v) is 10.5. The molecule has 1 aromatic carbocycles. The Morgan fingerprint density at radius 1 is 1.29 bits per heavy atom. The summed E-state index contributed by atoms with van der Waals surface area (Å²) in [5, 5.41) is 0. The van der Waals surface area contributed by atoms with Gasteiger partial charge in [0.2, 0.25) is 0 Å². The maximum Gasteiger partial charge on any atom is 0.411 e. The molecule has 0 unspecified atom stereocenters. The summed E-state index contributed by atoms with van der Waals surface area (Å²) in [4.78, 5) is 0. The van der Waals surface area contributed by atoms with Crippen LogP contribution in [0.1, 0.15) is 0 Å². The van der Waals surface area contributed by atoms with Crippen molar-refractivity contribution in [3.05, 3.63) is 22.7 Å². The summed E-state index contributed by atoms with van der Waals surface area (Å²) in [5.74, 6) is 0.994. The van der Waals surface area contributed by atoms with E-state index in [1.807, 2.05) is 0 Å². The average molecular weight is 315 g/mol. The van der Waals surface area contributed by atoms with Crippen LogP contribution < -0.4 is 9.47 Å². The van der Waals surface area contributed by atoms with Crippen molar-refractivity contribution in [1.82, 2.24) is 0 Å². The maximum atomic E-state index is 11.8. The van der Waals surface area contributed by atoms with Crippen LogP contribution in [0.5, 0.6) is 11.5 Å². The van der Waals surface area contributed by atoms with Crippen molar-refractivity contribution in [1.29, 1.82) is 0 Å². The minimum atomic E-state index is -4.35. The first-order valence-corrected chi connectivity index (χ1v) is 5.32. The highest BCUT2D eigenvalue weighted by atomic mass is 79.9. The van der Waals surface area contributed by atoms with E-state index in [1.165, 1.54) is 7.11 Å². The molecular formula is C10H10BrF3O3. The Labute approximate surface area is 105 Å². The van der Waals surface area contributed by atoms with Gasteiger partial charge < -0.3 is 14.2 Å². The minimum absolute atomic E-state index is 0.382. The molecule has 17 heavy (non-hydrogen) atoms. The Morgan fingerprint density at radius 3 is 2.53 bits per heavy atom. The van der Waals surface area contributed by atoms with Crippen LogP contribution in [0.25, 0.3) is 0 Å². The Balaban J connectivity index is 2.42. The predicted molar refractivity (Wildman–Crippen MR) is 58.2 cm³/mol. The van der Waals surface area contributed by atoms with E-state index in [-0.39, 0.29) is 0 Å². The van der Waals surface area contributed by atoms with Crippen LogP contribution in [-0.2, 0) is 4.74 Å². The lowest BCUT2D eigenvalue weighted by Gasteiger charge is -2.11. The quantitative estimate of drug-likeness (QED) is 0.616. The number of hydrogen-bond donors (Lipinski definition) is 0. The summed E-state index contributed by atoms with van der Waals surface area (Å²) in [5.41, 5.74) is 0. The van der Waals surface area contributed by atoms with E-state index >= 15 is 0 Å². The molecule has 0 spiro atoms. The molecule has 0 saturated carbocycles. The van der Waals surface area contributed by atoms with E-state index < -0.39 is 19.6 Å². The van der Waals surface area contributed by atoms with Gasteiger partial charge >= 0.3 is 6.18 Å². The maximum absolute atomic E-state index is 11.8. The van der Waals surface area contributed by atoms with E-state index in [9.17, 15) is 13.2 Å². The van der Waals surface area contributed by atoms with E-state index in [0.29, 0.717) is 16.0 Å². The second-order valence-corrected chi connectivity index (χ2v) is 3.88. The summed E-state index contributed by atoms with van der Waals surface area (Å²) >= 11 is 3.20. The molecule has 0 atom stereocenters. The molecule has 0 aliphatic rings. The molecule has 0 heterocycles. The predicted octanol–water partition coefficient (Wildman–Crippen LogP) is 3.37. The molecule has 1 aromatic rings. The van der Waals surface area contributed by atoms with Crippen LogP contribution in [-0.4, -0.2) is 26.7 Å². The fraction of sp³-hybridized carbons (Fsp3) is 0.400. The van der Waals surface area contributed by atoms with Crippen molar-refractivity contribution < 1.29 is 27.4 Å². The third kappa shape index (κ3) is 5.27. The standard InChI is InChI=1S/C10H10BrF3O3/c1-15-7-2-3-9(8(11)4-7)17-6-16-5-10(12,13)14/h2-4H,5-6H2,1H3. The molecule has 0 aliphatic heterocycles. The topological polar surface area (TPSA) is 27.7 Å². The molecule has 1 rings (SSSR count). The van der Waals surface area contributed by atoms with Crippen molar-refractivity contribution in [2.75, 3.05) is 20.5 Å². The molecule has 0 aliphatic carbocycles. The number of methoxy groups -OCH3 is 1. The number of benzene rings is 1. The Kier molecular flexibility index (Phi) is 5.07. The third-order valence-corrected chi connectivity index (χ3v) is 2.32. The normalized spacial score (nSPS) is 11.4. The van der Waals surface area contributed by atoms with Gasteiger partial charge in [0, 0.05) is 0 Å². The van der Waals surface area contributed by atoms with Crippen molar-refractivity contribution in [2.45, 2.75) is 6.18 Å². The van der Waals surface area contributed by atoms with E-state index in [4.69, 9.17) is 9.47 Å². The van der Waals surface area contributed by atoms with Crippen molar-refractivity contribution in [3.8, 4) is 11.5 Å². The first kappa shape index (κ1) is 14.1. The Morgan fingerprint density at radius 2 is 2.00 bits per heavy atom.